The molecule has 0 spiro atoms. The zero-order valence-electron chi connectivity index (χ0n) is 30.6. The van der Waals surface area contributed by atoms with E-state index in [0.717, 1.165) is 39.0 Å². The standard InChI is InChI=1S/C54H35NO/c1-2-11-36(12-3-1)44-14-6-7-15-45(44)38-23-28-41(29-24-38)55(43-32-34-53-51(35-43)49-17-8-9-20-52(49)56-53)42-30-25-39(26-31-42)46-18-10-19-50-48(46)33-27-40-22-21-37-13-4-5-16-47(37)54(40)50/h1-35H. The van der Waals surface area contributed by atoms with Crippen LogP contribution in [0.4, 0.5) is 17.1 Å². The zero-order chi connectivity index (χ0) is 37.0. The van der Waals surface area contributed by atoms with Crippen LogP contribution in [0.25, 0.3) is 87.6 Å². The van der Waals surface area contributed by atoms with E-state index in [1.165, 1.54) is 65.7 Å². The van der Waals surface area contributed by atoms with Crippen LogP contribution in [0.5, 0.6) is 0 Å². The highest BCUT2D eigenvalue weighted by atomic mass is 16.3. The van der Waals surface area contributed by atoms with Crippen molar-refractivity contribution >= 4 is 71.3 Å². The molecule has 0 fully saturated rings. The van der Waals surface area contributed by atoms with E-state index in [-0.39, 0.29) is 0 Å². The summed E-state index contributed by atoms with van der Waals surface area (Å²) in [6.07, 6.45) is 0. The molecule has 56 heavy (non-hydrogen) atoms. The molecule has 262 valence electrons. The number of nitrogens with zero attached hydrogens (tertiary/aromatic N) is 1. The number of anilines is 3. The van der Waals surface area contributed by atoms with E-state index in [0.29, 0.717) is 0 Å². The van der Waals surface area contributed by atoms with E-state index < -0.39 is 0 Å². The summed E-state index contributed by atoms with van der Waals surface area (Å²) < 4.78 is 6.24. The van der Waals surface area contributed by atoms with Crippen molar-refractivity contribution in [2.24, 2.45) is 0 Å². The molecule has 0 aliphatic carbocycles. The molecule has 0 atom stereocenters. The molecule has 2 nitrogen and oxygen atoms in total. The molecule has 1 aromatic heterocycles. The van der Waals surface area contributed by atoms with Crippen molar-refractivity contribution in [3.8, 4) is 33.4 Å². The molecule has 0 bridgehead atoms. The van der Waals surface area contributed by atoms with Gasteiger partial charge in [-0.3, -0.25) is 0 Å². The van der Waals surface area contributed by atoms with Crippen LogP contribution in [0.3, 0.4) is 0 Å². The van der Waals surface area contributed by atoms with E-state index in [1.54, 1.807) is 0 Å². The van der Waals surface area contributed by atoms with Crippen molar-refractivity contribution in [1.82, 2.24) is 0 Å². The van der Waals surface area contributed by atoms with Gasteiger partial charge in [0.05, 0.1) is 0 Å². The third-order valence-corrected chi connectivity index (χ3v) is 11.3. The Bertz CT molecular complexity index is 3230. The van der Waals surface area contributed by atoms with Crippen LogP contribution in [0, 0.1) is 0 Å². The second kappa shape index (κ2) is 13.2. The average molecular weight is 714 g/mol. The number of fused-ring (bicyclic) bond motifs is 8. The maximum atomic E-state index is 6.24. The van der Waals surface area contributed by atoms with Crippen LogP contribution < -0.4 is 4.90 Å². The second-order valence-corrected chi connectivity index (χ2v) is 14.5. The fraction of sp³-hybridized carbons (Fsp3) is 0. The van der Waals surface area contributed by atoms with E-state index in [9.17, 15) is 0 Å². The highest BCUT2D eigenvalue weighted by Crippen LogP contribution is 2.42. The molecule has 0 aliphatic heterocycles. The number of furan rings is 1. The lowest BCUT2D eigenvalue weighted by Crippen LogP contribution is -2.09. The number of rotatable bonds is 6. The number of hydrogen-bond acceptors (Lipinski definition) is 2. The molecule has 0 aliphatic rings. The second-order valence-electron chi connectivity index (χ2n) is 14.5. The SMILES string of the molecule is c1ccc(-c2ccccc2-c2ccc(N(c3ccc(-c4cccc5c4ccc4ccc6ccccc6c45)cc3)c3ccc4oc5ccccc5c4c3)cc2)cc1. The van der Waals surface area contributed by atoms with Crippen molar-refractivity contribution in [3.05, 3.63) is 212 Å². The van der Waals surface area contributed by atoms with Gasteiger partial charge < -0.3 is 9.32 Å². The molecule has 11 aromatic rings. The van der Waals surface area contributed by atoms with Gasteiger partial charge in [-0.05, 0) is 114 Å². The van der Waals surface area contributed by atoms with Gasteiger partial charge in [-0.15, -0.1) is 0 Å². The normalized spacial score (nSPS) is 11.6. The summed E-state index contributed by atoms with van der Waals surface area (Å²) in [5.74, 6) is 0. The Hall–Kier alpha value is -7.42. The van der Waals surface area contributed by atoms with Gasteiger partial charge in [0.15, 0.2) is 0 Å². The lowest BCUT2D eigenvalue weighted by Gasteiger charge is -2.26. The van der Waals surface area contributed by atoms with Crippen molar-refractivity contribution in [1.29, 1.82) is 0 Å². The van der Waals surface area contributed by atoms with Gasteiger partial charge in [0.25, 0.3) is 0 Å². The van der Waals surface area contributed by atoms with Crippen LogP contribution in [-0.4, -0.2) is 0 Å². The highest BCUT2D eigenvalue weighted by molar-refractivity contribution is 6.22. The first-order valence-corrected chi connectivity index (χ1v) is 19.2. The Kier molecular flexibility index (Phi) is 7.53. The van der Waals surface area contributed by atoms with Crippen LogP contribution in [-0.2, 0) is 0 Å². The quantitative estimate of drug-likeness (QED) is 0.160. The van der Waals surface area contributed by atoms with Gasteiger partial charge in [0.2, 0.25) is 0 Å². The third-order valence-electron chi connectivity index (χ3n) is 11.3. The first kappa shape index (κ1) is 32.0. The molecule has 0 unspecified atom stereocenters. The van der Waals surface area contributed by atoms with Crippen LogP contribution in [0.2, 0.25) is 0 Å². The van der Waals surface area contributed by atoms with Crippen molar-refractivity contribution in [2.45, 2.75) is 0 Å². The molecule has 0 amide bonds. The molecule has 1 heterocycles. The van der Waals surface area contributed by atoms with E-state index in [2.05, 4.69) is 205 Å². The fourth-order valence-corrected chi connectivity index (χ4v) is 8.60. The predicted molar refractivity (Wildman–Crippen MR) is 237 cm³/mol. The molecule has 0 N–H and O–H groups in total. The Labute approximate surface area is 325 Å². The number of para-hydroxylation sites is 1. The maximum Gasteiger partial charge on any atom is 0.135 e. The third kappa shape index (κ3) is 5.34. The molecule has 10 aromatic carbocycles. The zero-order valence-corrected chi connectivity index (χ0v) is 30.6. The molecular weight excluding hydrogens is 679 g/mol. The summed E-state index contributed by atoms with van der Waals surface area (Å²) in [6.45, 7) is 0. The highest BCUT2D eigenvalue weighted by Gasteiger charge is 2.17. The largest absolute Gasteiger partial charge is 0.456 e. The minimum absolute atomic E-state index is 0.884. The van der Waals surface area contributed by atoms with Gasteiger partial charge in [0, 0.05) is 27.8 Å². The Balaban J connectivity index is 1.03. The number of benzene rings is 10. The molecule has 0 radical (unpaired) electrons. The topological polar surface area (TPSA) is 16.4 Å². The summed E-state index contributed by atoms with van der Waals surface area (Å²) in [6, 6.07) is 76.5. The summed E-state index contributed by atoms with van der Waals surface area (Å²) >= 11 is 0. The first-order chi connectivity index (χ1) is 27.8. The monoisotopic (exact) mass is 713 g/mol. The number of hydrogen-bond donors (Lipinski definition) is 0. The molecule has 0 saturated carbocycles. The first-order valence-electron chi connectivity index (χ1n) is 19.2. The van der Waals surface area contributed by atoms with E-state index >= 15 is 0 Å². The summed E-state index contributed by atoms with van der Waals surface area (Å²) in [5.41, 5.74) is 12.2. The van der Waals surface area contributed by atoms with E-state index in [4.69, 9.17) is 4.42 Å². The Morgan fingerprint density at radius 1 is 0.286 bits per heavy atom. The van der Waals surface area contributed by atoms with Crippen LogP contribution >= 0.6 is 0 Å². The molecule has 0 saturated heterocycles. The molecule has 2 heteroatoms. The van der Waals surface area contributed by atoms with Crippen LogP contribution in [0.1, 0.15) is 0 Å². The van der Waals surface area contributed by atoms with Crippen molar-refractivity contribution in [3.63, 3.8) is 0 Å². The van der Waals surface area contributed by atoms with Gasteiger partial charge in [-0.1, -0.05) is 164 Å². The summed E-state index contributed by atoms with van der Waals surface area (Å²) in [4.78, 5) is 2.35. The minimum atomic E-state index is 0.884. The maximum absolute atomic E-state index is 6.24. The van der Waals surface area contributed by atoms with Gasteiger partial charge in [-0.25, -0.2) is 0 Å². The van der Waals surface area contributed by atoms with Gasteiger partial charge in [-0.2, -0.15) is 0 Å². The van der Waals surface area contributed by atoms with Crippen molar-refractivity contribution in [2.75, 3.05) is 4.90 Å². The summed E-state index contributed by atoms with van der Waals surface area (Å²) in [7, 11) is 0. The van der Waals surface area contributed by atoms with Gasteiger partial charge in [0.1, 0.15) is 11.2 Å². The smallest absolute Gasteiger partial charge is 0.135 e. The minimum Gasteiger partial charge on any atom is -0.456 e. The Morgan fingerprint density at radius 2 is 0.821 bits per heavy atom. The van der Waals surface area contributed by atoms with E-state index in [1.807, 2.05) is 12.1 Å². The predicted octanol–water partition coefficient (Wildman–Crippen LogP) is 15.5. The Morgan fingerprint density at radius 3 is 1.59 bits per heavy atom. The van der Waals surface area contributed by atoms with Gasteiger partial charge >= 0.3 is 0 Å². The van der Waals surface area contributed by atoms with Crippen molar-refractivity contribution < 1.29 is 4.42 Å². The summed E-state index contributed by atoms with van der Waals surface area (Å²) in [5, 5.41) is 9.86. The fourth-order valence-electron chi connectivity index (χ4n) is 8.60. The average Bonchev–Trinajstić information content (AvgIpc) is 3.65. The lowest BCUT2D eigenvalue weighted by atomic mass is 9.92. The van der Waals surface area contributed by atoms with Crippen LogP contribution in [0.15, 0.2) is 217 Å². The molecule has 11 rings (SSSR count). The molecular formula is C54H35NO. The lowest BCUT2D eigenvalue weighted by molar-refractivity contribution is 0.669.